The van der Waals surface area contributed by atoms with Crippen LogP contribution in [-0.4, -0.2) is 6.61 Å². The van der Waals surface area contributed by atoms with Crippen molar-refractivity contribution in [3.8, 4) is 17.2 Å². The van der Waals surface area contributed by atoms with E-state index in [0.29, 0.717) is 9.14 Å². The van der Waals surface area contributed by atoms with Crippen LogP contribution in [0.4, 0.5) is 13.2 Å². The Morgan fingerprint density at radius 1 is 1.00 bits per heavy atom. The molecular weight excluding hydrogens is 501 g/mol. The van der Waals surface area contributed by atoms with Gasteiger partial charge in [0.1, 0.15) is 29.4 Å². The van der Waals surface area contributed by atoms with Crippen molar-refractivity contribution in [1.29, 1.82) is 0 Å². The van der Waals surface area contributed by atoms with Gasteiger partial charge in [-0.15, -0.1) is 0 Å². The van der Waals surface area contributed by atoms with E-state index in [1.807, 2.05) is 12.1 Å². The normalized spacial score (nSPS) is 11.9. The highest BCUT2D eigenvalue weighted by Gasteiger charge is 2.35. The lowest BCUT2D eigenvalue weighted by Crippen LogP contribution is -2.14. The molecule has 0 N–H and O–H groups in total. The van der Waals surface area contributed by atoms with Crippen molar-refractivity contribution in [2.45, 2.75) is 38.8 Å². The average molecular weight is 522 g/mol. The number of rotatable bonds is 7. The van der Waals surface area contributed by atoms with Gasteiger partial charge in [0.25, 0.3) is 0 Å². The first-order valence-corrected chi connectivity index (χ1v) is 10.2. The molecule has 0 atom stereocenters. The second-order valence-electron chi connectivity index (χ2n) is 6.82. The van der Waals surface area contributed by atoms with E-state index >= 15 is 0 Å². The largest absolute Gasteiger partial charge is 0.489 e. The first kappa shape index (κ1) is 22.8. The molecule has 152 valence electrons. The van der Waals surface area contributed by atoms with Gasteiger partial charge in [-0.1, -0.05) is 32.9 Å². The highest BCUT2D eigenvalue weighted by molar-refractivity contribution is 9.28. The summed E-state index contributed by atoms with van der Waals surface area (Å²) in [7, 11) is 0. The van der Waals surface area contributed by atoms with Gasteiger partial charge in [-0.05, 0) is 85.7 Å². The van der Waals surface area contributed by atoms with Gasteiger partial charge in [-0.2, -0.15) is 13.2 Å². The molecule has 0 saturated heterocycles. The fourth-order valence-corrected chi connectivity index (χ4v) is 2.69. The summed E-state index contributed by atoms with van der Waals surface area (Å²) in [4.78, 5) is 0. The molecule has 0 aliphatic heterocycles. The van der Waals surface area contributed by atoms with E-state index < -0.39 is 11.7 Å². The van der Waals surface area contributed by atoms with Crippen molar-refractivity contribution in [3.63, 3.8) is 0 Å². The lowest BCUT2D eigenvalue weighted by Gasteiger charge is -2.23. The summed E-state index contributed by atoms with van der Waals surface area (Å²) in [5.74, 6) is 0.320. The topological polar surface area (TPSA) is 18.5 Å². The van der Waals surface area contributed by atoms with Crippen LogP contribution in [0.3, 0.4) is 0 Å². The molecule has 0 heterocycles. The van der Waals surface area contributed by atoms with Crippen LogP contribution in [0.5, 0.6) is 17.2 Å². The SMILES string of the molecule is CCC(C)(C)c1ccc(Oc2ccc(OCC=C(Br)Br)c(C(F)(F)F)c2)cc1. The van der Waals surface area contributed by atoms with Crippen LogP contribution in [-0.2, 0) is 11.6 Å². The molecule has 28 heavy (non-hydrogen) atoms. The Bertz CT molecular complexity index is 825. The molecular formula is C21H21Br2F3O2. The Labute approximate surface area is 180 Å². The zero-order valence-electron chi connectivity index (χ0n) is 15.7. The molecule has 0 amide bonds. The Balaban J connectivity index is 2.23. The summed E-state index contributed by atoms with van der Waals surface area (Å²) in [5, 5.41) is 0. The second-order valence-corrected chi connectivity index (χ2v) is 9.60. The highest BCUT2D eigenvalue weighted by atomic mass is 79.9. The monoisotopic (exact) mass is 520 g/mol. The maximum absolute atomic E-state index is 13.4. The Morgan fingerprint density at radius 2 is 1.61 bits per heavy atom. The van der Waals surface area contributed by atoms with E-state index in [4.69, 9.17) is 9.47 Å². The van der Waals surface area contributed by atoms with E-state index in [-0.39, 0.29) is 23.5 Å². The molecule has 2 rings (SSSR count). The third kappa shape index (κ3) is 6.27. The van der Waals surface area contributed by atoms with E-state index in [1.165, 1.54) is 12.1 Å². The van der Waals surface area contributed by atoms with Crippen LogP contribution in [0, 0.1) is 0 Å². The van der Waals surface area contributed by atoms with Crippen LogP contribution in [0.25, 0.3) is 0 Å². The summed E-state index contributed by atoms with van der Waals surface area (Å²) in [6.07, 6.45) is -2.02. The quantitative estimate of drug-likeness (QED) is 0.365. The summed E-state index contributed by atoms with van der Waals surface area (Å²) in [6.45, 7) is 6.38. The smallest absolute Gasteiger partial charge is 0.420 e. The summed E-state index contributed by atoms with van der Waals surface area (Å²) < 4.78 is 51.7. The second kappa shape index (κ2) is 9.35. The van der Waals surface area contributed by atoms with Crippen LogP contribution in [0.1, 0.15) is 38.3 Å². The van der Waals surface area contributed by atoms with E-state index in [9.17, 15) is 13.2 Å². The summed E-state index contributed by atoms with van der Waals surface area (Å²) in [5.41, 5.74) is 0.292. The first-order chi connectivity index (χ1) is 13.0. The molecule has 0 radical (unpaired) electrons. The minimum absolute atomic E-state index is 0.0101. The predicted molar refractivity (Wildman–Crippen MR) is 113 cm³/mol. The third-order valence-electron chi connectivity index (χ3n) is 4.49. The third-order valence-corrected chi connectivity index (χ3v) is 5.14. The maximum Gasteiger partial charge on any atom is 0.420 e. The number of hydrogen-bond acceptors (Lipinski definition) is 2. The van der Waals surface area contributed by atoms with Crippen molar-refractivity contribution in [2.75, 3.05) is 6.61 Å². The highest BCUT2D eigenvalue weighted by Crippen LogP contribution is 2.39. The minimum atomic E-state index is -4.56. The van der Waals surface area contributed by atoms with E-state index in [2.05, 4.69) is 52.6 Å². The lowest BCUT2D eigenvalue weighted by molar-refractivity contribution is -0.138. The van der Waals surface area contributed by atoms with Gasteiger partial charge in [-0.25, -0.2) is 0 Å². The average Bonchev–Trinajstić information content (AvgIpc) is 2.62. The molecule has 0 spiro atoms. The van der Waals surface area contributed by atoms with E-state index in [0.717, 1.165) is 18.1 Å². The number of ether oxygens (including phenoxy) is 2. The molecule has 2 aromatic carbocycles. The van der Waals surface area contributed by atoms with Crippen molar-refractivity contribution in [3.05, 3.63) is 63.1 Å². The Morgan fingerprint density at radius 3 is 2.14 bits per heavy atom. The molecule has 0 bridgehead atoms. The minimum Gasteiger partial charge on any atom is -0.489 e. The van der Waals surface area contributed by atoms with Gasteiger partial charge in [0.15, 0.2) is 0 Å². The molecule has 0 aliphatic carbocycles. The molecule has 0 aliphatic rings. The van der Waals surface area contributed by atoms with Gasteiger partial charge in [0, 0.05) is 0 Å². The van der Waals surface area contributed by atoms with Gasteiger partial charge >= 0.3 is 6.18 Å². The predicted octanol–water partition coefficient (Wildman–Crippen LogP) is 8.20. The molecule has 0 aromatic heterocycles. The van der Waals surface area contributed by atoms with Crippen molar-refractivity contribution >= 4 is 31.9 Å². The zero-order chi connectivity index (χ0) is 20.9. The maximum atomic E-state index is 13.4. The molecule has 2 aromatic rings. The van der Waals surface area contributed by atoms with Gasteiger partial charge in [-0.3, -0.25) is 0 Å². The van der Waals surface area contributed by atoms with Gasteiger partial charge in [0.05, 0.1) is 3.39 Å². The first-order valence-electron chi connectivity index (χ1n) is 8.66. The lowest BCUT2D eigenvalue weighted by atomic mass is 9.82. The van der Waals surface area contributed by atoms with Gasteiger partial charge in [0.2, 0.25) is 0 Å². The molecule has 7 heteroatoms. The number of benzene rings is 2. The zero-order valence-corrected chi connectivity index (χ0v) is 18.9. The molecule has 2 nitrogen and oxygen atoms in total. The Hall–Kier alpha value is -1.47. The van der Waals surface area contributed by atoms with E-state index in [1.54, 1.807) is 18.2 Å². The van der Waals surface area contributed by atoms with Crippen LogP contribution < -0.4 is 9.47 Å². The van der Waals surface area contributed by atoms with Crippen molar-refractivity contribution < 1.29 is 22.6 Å². The number of hydrogen-bond donors (Lipinski definition) is 0. The number of halogens is 5. The van der Waals surface area contributed by atoms with Crippen molar-refractivity contribution in [1.82, 2.24) is 0 Å². The van der Waals surface area contributed by atoms with Crippen molar-refractivity contribution in [2.24, 2.45) is 0 Å². The van der Waals surface area contributed by atoms with Crippen LogP contribution in [0.2, 0.25) is 0 Å². The Kier molecular flexibility index (Phi) is 7.62. The standard InChI is InChI=1S/C21H21Br2F3O2/c1-4-20(2,3)14-5-7-15(8-6-14)28-16-9-10-18(27-12-11-19(22)23)17(13-16)21(24,25)26/h5-11,13H,4,12H2,1-3H3. The summed E-state index contributed by atoms with van der Waals surface area (Å²) >= 11 is 6.26. The van der Waals surface area contributed by atoms with Gasteiger partial charge < -0.3 is 9.47 Å². The fourth-order valence-electron chi connectivity index (χ4n) is 2.43. The fraction of sp³-hybridized carbons (Fsp3) is 0.333. The van der Waals surface area contributed by atoms with Crippen LogP contribution >= 0.6 is 31.9 Å². The molecule has 0 fully saturated rings. The number of alkyl halides is 3. The molecule has 0 unspecified atom stereocenters. The molecule has 0 saturated carbocycles. The van der Waals surface area contributed by atoms with Crippen LogP contribution in [0.15, 0.2) is 51.9 Å². The summed E-state index contributed by atoms with van der Waals surface area (Å²) in [6, 6.07) is 11.1.